The Hall–Kier alpha value is -3.77. The average molecular weight is 545 g/mol. The van der Waals surface area contributed by atoms with Gasteiger partial charge in [0.2, 0.25) is 5.91 Å². The lowest BCUT2D eigenvalue weighted by Gasteiger charge is -2.17. The van der Waals surface area contributed by atoms with Crippen LogP contribution < -0.4 is 11.1 Å². The van der Waals surface area contributed by atoms with E-state index >= 15 is 0 Å². The molecule has 0 fully saturated rings. The average Bonchev–Trinajstić information content (AvgIpc) is 3.36. The van der Waals surface area contributed by atoms with Crippen LogP contribution in [0.5, 0.6) is 0 Å². The third-order valence-electron chi connectivity index (χ3n) is 5.06. The second-order valence-corrected chi connectivity index (χ2v) is 10.1. The van der Waals surface area contributed by atoms with Gasteiger partial charge in [0.25, 0.3) is 5.91 Å². The van der Waals surface area contributed by atoms with E-state index in [1.807, 2.05) is 6.07 Å². The Balaban J connectivity index is 1.66. The lowest BCUT2D eigenvalue weighted by atomic mass is 10.1. The molecule has 2 amide bonds. The molecule has 0 bridgehead atoms. The maximum Gasteiger partial charge on any atom is 0.345 e. The van der Waals surface area contributed by atoms with Crippen molar-refractivity contribution in [2.24, 2.45) is 5.73 Å². The number of hydrogen-bond acceptors (Lipinski definition) is 10. The zero-order chi connectivity index (χ0) is 26.9. The molecule has 2 aromatic carbocycles. The highest BCUT2D eigenvalue weighted by atomic mass is 32.2. The number of ether oxygens (including phenoxy) is 3. The topological polar surface area (TPSA) is 151 Å². The normalized spacial score (nSPS) is 14.0. The minimum absolute atomic E-state index is 0.0224. The summed E-state index contributed by atoms with van der Waals surface area (Å²) >= 11 is 2.28. The fourth-order valence-electron chi connectivity index (χ4n) is 3.21. The number of thioether (sulfide) groups is 2. The number of nitrogens with one attached hydrogen (secondary N) is 1. The number of rotatable bonds is 10. The number of benzene rings is 2. The summed E-state index contributed by atoms with van der Waals surface area (Å²) in [4.78, 5) is 61.3. The van der Waals surface area contributed by atoms with Gasteiger partial charge >= 0.3 is 17.9 Å². The Kier molecular flexibility index (Phi) is 9.75. The van der Waals surface area contributed by atoms with E-state index in [0.29, 0.717) is 0 Å². The molecule has 1 aliphatic heterocycles. The van der Waals surface area contributed by atoms with Crippen LogP contribution in [0.1, 0.15) is 32.5 Å². The van der Waals surface area contributed by atoms with Gasteiger partial charge in [-0.15, -0.1) is 0 Å². The molecular formula is C25H24N2O8S2. The number of esters is 3. The van der Waals surface area contributed by atoms with Crippen molar-refractivity contribution in [3.63, 3.8) is 0 Å². The molecule has 1 heterocycles. The van der Waals surface area contributed by atoms with Crippen LogP contribution in [0.2, 0.25) is 0 Å². The molecule has 0 aromatic heterocycles. The van der Waals surface area contributed by atoms with Crippen LogP contribution in [0.15, 0.2) is 64.4 Å². The number of hydrogen-bond donors (Lipinski definition) is 2. The molecule has 1 aliphatic rings. The van der Waals surface area contributed by atoms with E-state index in [9.17, 15) is 24.0 Å². The molecule has 0 radical (unpaired) electrons. The summed E-state index contributed by atoms with van der Waals surface area (Å²) in [6, 6.07) is 14.1. The van der Waals surface area contributed by atoms with Crippen molar-refractivity contribution >= 4 is 53.2 Å². The van der Waals surface area contributed by atoms with Gasteiger partial charge in [0.15, 0.2) is 0 Å². The maximum atomic E-state index is 12.8. The third kappa shape index (κ3) is 7.37. The smallest absolute Gasteiger partial charge is 0.345 e. The molecule has 3 rings (SSSR count). The van der Waals surface area contributed by atoms with Gasteiger partial charge in [0, 0.05) is 5.56 Å². The molecular weight excluding hydrogens is 520 g/mol. The van der Waals surface area contributed by atoms with Crippen LogP contribution >= 0.6 is 23.5 Å². The van der Waals surface area contributed by atoms with E-state index in [1.54, 1.807) is 36.4 Å². The van der Waals surface area contributed by atoms with Crippen LogP contribution in [-0.2, 0) is 40.0 Å². The lowest BCUT2D eigenvalue weighted by Crippen LogP contribution is -2.44. The Bertz CT molecular complexity index is 1190. The van der Waals surface area contributed by atoms with Crippen LogP contribution in [0, 0.1) is 0 Å². The molecule has 3 N–H and O–H groups in total. The van der Waals surface area contributed by atoms with E-state index in [1.165, 1.54) is 26.4 Å². The van der Waals surface area contributed by atoms with Gasteiger partial charge in [0.05, 0.1) is 25.2 Å². The largest absolute Gasteiger partial charge is 0.465 e. The number of carbonyl (C=O) groups excluding carboxylic acids is 5. The minimum atomic E-state index is -1.26. The summed E-state index contributed by atoms with van der Waals surface area (Å²) in [6.07, 6.45) is -0.426. The first-order chi connectivity index (χ1) is 17.7. The van der Waals surface area contributed by atoms with Crippen molar-refractivity contribution < 1.29 is 38.2 Å². The van der Waals surface area contributed by atoms with E-state index in [4.69, 9.17) is 19.9 Å². The Morgan fingerprint density at radius 3 is 1.97 bits per heavy atom. The van der Waals surface area contributed by atoms with E-state index < -0.39 is 42.2 Å². The summed E-state index contributed by atoms with van der Waals surface area (Å²) < 4.78 is 14.4. The van der Waals surface area contributed by atoms with Crippen LogP contribution in [0.3, 0.4) is 0 Å². The van der Waals surface area contributed by atoms with E-state index in [-0.39, 0.29) is 26.6 Å². The molecule has 194 valence electrons. The summed E-state index contributed by atoms with van der Waals surface area (Å²) in [5, 5.41) is 2.49. The van der Waals surface area contributed by atoms with Crippen molar-refractivity contribution in [1.29, 1.82) is 0 Å². The van der Waals surface area contributed by atoms with E-state index in [2.05, 4.69) is 5.32 Å². The second kappa shape index (κ2) is 13.0. The van der Waals surface area contributed by atoms with Crippen molar-refractivity contribution in [2.45, 2.75) is 23.7 Å². The van der Waals surface area contributed by atoms with Gasteiger partial charge in [0.1, 0.15) is 22.5 Å². The molecule has 10 nitrogen and oxygen atoms in total. The predicted molar refractivity (Wildman–Crippen MR) is 137 cm³/mol. The minimum Gasteiger partial charge on any atom is -0.465 e. The number of carbonyl (C=O) groups is 5. The first-order valence-electron chi connectivity index (χ1n) is 10.9. The van der Waals surface area contributed by atoms with Gasteiger partial charge in [-0.2, -0.15) is 0 Å². The Morgan fingerprint density at radius 1 is 0.892 bits per heavy atom. The molecule has 0 aliphatic carbocycles. The Morgan fingerprint density at radius 2 is 1.46 bits per heavy atom. The predicted octanol–water partition coefficient (Wildman–Crippen LogP) is 2.44. The van der Waals surface area contributed by atoms with Crippen LogP contribution in [0.25, 0.3) is 0 Å². The summed E-state index contributed by atoms with van der Waals surface area (Å²) in [7, 11) is 2.44. The molecule has 0 spiro atoms. The molecule has 0 saturated heterocycles. The fourth-order valence-corrected chi connectivity index (χ4v) is 6.02. The van der Waals surface area contributed by atoms with Gasteiger partial charge in [-0.3, -0.25) is 9.59 Å². The van der Waals surface area contributed by atoms with Gasteiger partial charge in [-0.05, 0) is 23.3 Å². The highest BCUT2D eigenvalue weighted by Gasteiger charge is 2.36. The summed E-state index contributed by atoms with van der Waals surface area (Å²) in [5.41, 5.74) is 6.95. The maximum absolute atomic E-state index is 12.8. The number of methoxy groups -OCH3 is 2. The molecule has 0 saturated carbocycles. The third-order valence-corrected chi connectivity index (χ3v) is 7.95. The summed E-state index contributed by atoms with van der Waals surface area (Å²) in [5.74, 6) is -3.46. The number of amides is 2. The number of primary amides is 1. The zero-order valence-electron chi connectivity index (χ0n) is 19.9. The SMILES string of the molecule is COC(=O)C1=C(C(=O)OC)SC(c2ccc(C(=O)N[C@@H](CC(N)=O)C(=O)OCc3ccccc3)cc2)S1. The standard InChI is InChI=1S/C25H24N2O8S2/c1-33-23(31)19-20(24(32)34-2)37-25(36-19)16-10-8-15(9-11-16)21(29)27-17(12-18(26)28)22(30)35-13-14-6-4-3-5-7-14/h3-11,17,25H,12-13H2,1-2H3,(H2,26,28)(H,27,29)/t17-/m0/s1. The van der Waals surface area contributed by atoms with Crippen molar-refractivity contribution in [3.05, 3.63) is 81.1 Å². The molecule has 37 heavy (non-hydrogen) atoms. The highest BCUT2D eigenvalue weighted by molar-refractivity contribution is 8.23. The first-order valence-corrected chi connectivity index (χ1v) is 12.6. The van der Waals surface area contributed by atoms with Crippen LogP contribution in [0.4, 0.5) is 0 Å². The molecule has 1 atom stereocenters. The molecule has 0 unspecified atom stereocenters. The van der Waals surface area contributed by atoms with Crippen molar-refractivity contribution in [3.8, 4) is 0 Å². The van der Waals surface area contributed by atoms with Gasteiger partial charge < -0.3 is 25.3 Å². The highest BCUT2D eigenvalue weighted by Crippen LogP contribution is 2.55. The van der Waals surface area contributed by atoms with Crippen molar-refractivity contribution in [1.82, 2.24) is 5.32 Å². The van der Waals surface area contributed by atoms with Gasteiger partial charge in [-0.1, -0.05) is 66.0 Å². The zero-order valence-corrected chi connectivity index (χ0v) is 21.6. The van der Waals surface area contributed by atoms with Crippen LogP contribution in [-0.4, -0.2) is 50.0 Å². The van der Waals surface area contributed by atoms with Gasteiger partial charge in [-0.25, -0.2) is 14.4 Å². The first kappa shape index (κ1) is 27.8. The Labute approximate surface area is 221 Å². The second-order valence-electron chi connectivity index (χ2n) is 7.62. The quantitative estimate of drug-likeness (QED) is 0.337. The van der Waals surface area contributed by atoms with Crippen molar-refractivity contribution in [2.75, 3.05) is 14.2 Å². The molecule has 2 aromatic rings. The number of nitrogens with two attached hydrogens (primary N) is 1. The molecule has 12 heteroatoms. The fraction of sp³-hybridized carbons (Fsp3) is 0.240. The monoisotopic (exact) mass is 544 g/mol. The lowest BCUT2D eigenvalue weighted by molar-refractivity contribution is -0.148. The van der Waals surface area contributed by atoms with E-state index in [0.717, 1.165) is 34.7 Å². The summed E-state index contributed by atoms with van der Waals surface area (Å²) in [6.45, 7) is -0.0224.